The van der Waals surface area contributed by atoms with Crippen molar-refractivity contribution < 1.29 is 19.4 Å². The zero-order chi connectivity index (χ0) is 17.1. The fourth-order valence-corrected chi connectivity index (χ4v) is 3.19. The van der Waals surface area contributed by atoms with Crippen LogP contribution >= 0.6 is 0 Å². The van der Waals surface area contributed by atoms with Crippen molar-refractivity contribution >= 4 is 16.8 Å². The van der Waals surface area contributed by atoms with Gasteiger partial charge in [-0.05, 0) is 49.1 Å². The Morgan fingerprint density at radius 1 is 1.46 bits per heavy atom. The molecule has 3 atom stereocenters. The molecule has 1 saturated heterocycles. The minimum Gasteiger partial charge on any atom is -0.497 e. The van der Waals surface area contributed by atoms with Crippen LogP contribution in [0.3, 0.4) is 0 Å². The molecule has 2 unspecified atom stereocenters. The lowest BCUT2D eigenvalue weighted by atomic mass is 9.95. The second kappa shape index (κ2) is 7.15. The number of amides is 1. The number of nitrogens with two attached hydrogens (primary N) is 1. The van der Waals surface area contributed by atoms with Gasteiger partial charge in [0.05, 0.1) is 24.8 Å². The molecule has 2 aromatic rings. The smallest absolute Gasteiger partial charge is 0.246 e. The fraction of sp³-hybridized carbons (Fsp3) is 0.444. The topological polar surface area (TPSA) is 94.7 Å². The van der Waals surface area contributed by atoms with E-state index in [4.69, 9.17) is 15.2 Å². The number of primary amides is 1. The molecule has 1 aliphatic heterocycles. The second-order valence-corrected chi connectivity index (χ2v) is 6.12. The van der Waals surface area contributed by atoms with Crippen LogP contribution in [-0.4, -0.2) is 41.4 Å². The monoisotopic (exact) mass is 330 g/mol. The number of aromatic nitrogens is 1. The predicted molar refractivity (Wildman–Crippen MR) is 89.7 cm³/mol. The predicted octanol–water partition coefficient (Wildman–Crippen LogP) is 1.57. The van der Waals surface area contributed by atoms with E-state index >= 15 is 0 Å². The van der Waals surface area contributed by atoms with Gasteiger partial charge in [0.15, 0.2) is 0 Å². The number of hydrogen-bond acceptors (Lipinski definition) is 5. The molecule has 1 aromatic heterocycles. The molecule has 0 radical (unpaired) electrons. The summed E-state index contributed by atoms with van der Waals surface area (Å²) in [5.74, 6) is 0.278. The van der Waals surface area contributed by atoms with Gasteiger partial charge in [-0.2, -0.15) is 0 Å². The van der Waals surface area contributed by atoms with Gasteiger partial charge in [-0.15, -0.1) is 0 Å². The van der Waals surface area contributed by atoms with Crippen LogP contribution in [0.5, 0.6) is 5.75 Å². The number of aliphatic hydroxyl groups is 1. The number of ether oxygens (including phenoxy) is 2. The Hall–Kier alpha value is -2.18. The molecule has 1 aliphatic rings. The minimum absolute atomic E-state index is 0.384. The Labute approximate surface area is 140 Å². The van der Waals surface area contributed by atoms with E-state index in [0.717, 1.165) is 35.1 Å². The number of hydrogen-bond donors (Lipinski definition) is 2. The SMILES string of the molecule is COc1ccc2nccc(C[C@H](O)C3CCCC(C(N)=O)O3)c2c1. The molecular weight excluding hydrogens is 308 g/mol. The summed E-state index contributed by atoms with van der Waals surface area (Å²) in [5.41, 5.74) is 7.14. The van der Waals surface area contributed by atoms with Crippen LogP contribution in [-0.2, 0) is 16.0 Å². The molecule has 3 rings (SSSR count). The van der Waals surface area contributed by atoms with Crippen molar-refractivity contribution in [3.05, 3.63) is 36.0 Å². The van der Waals surface area contributed by atoms with Gasteiger partial charge < -0.3 is 20.3 Å². The summed E-state index contributed by atoms with van der Waals surface area (Å²) in [6, 6.07) is 7.55. The van der Waals surface area contributed by atoms with Crippen LogP contribution in [0.2, 0.25) is 0 Å². The Morgan fingerprint density at radius 3 is 3.04 bits per heavy atom. The average Bonchev–Trinajstić information content (AvgIpc) is 2.61. The first kappa shape index (κ1) is 16.7. The first-order valence-electron chi connectivity index (χ1n) is 8.13. The van der Waals surface area contributed by atoms with Gasteiger partial charge in [-0.3, -0.25) is 9.78 Å². The highest BCUT2D eigenvalue weighted by Gasteiger charge is 2.31. The zero-order valence-corrected chi connectivity index (χ0v) is 13.6. The highest BCUT2D eigenvalue weighted by molar-refractivity contribution is 5.83. The first-order valence-corrected chi connectivity index (χ1v) is 8.13. The summed E-state index contributed by atoms with van der Waals surface area (Å²) < 4.78 is 10.9. The molecule has 6 heteroatoms. The average molecular weight is 330 g/mol. The third-order valence-corrected chi connectivity index (χ3v) is 4.51. The lowest BCUT2D eigenvalue weighted by Gasteiger charge is -2.31. The Kier molecular flexibility index (Phi) is 4.97. The van der Waals surface area contributed by atoms with Gasteiger partial charge in [0.1, 0.15) is 11.9 Å². The van der Waals surface area contributed by atoms with E-state index < -0.39 is 18.1 Å². The van der Waals surface area contributed by atoms with Gasteiger partial charge in [0.2, 0.25) is 5.91 Å². The first-order chi connectivity index (χ1) is 11.6. The molecule has 24 heavy (non-hydrogen) atoms. The van der Waals surface area contributed by atoms with Crippen molar-refractivity contribution in [2.24, 2.45) is 5.73 Å². The number of aliphatic hydroxyl groups excluding tert-OH is 1. The number of methoxy groups -OCH3 is 1. The van der Waals surface area contributed by atoms with E-state index in [9.17, 15) is 9.90 Å². The van der Waals surface area contributed by atoms with Gasteiger partial charge in [-0.1, -0.05) is 0 Å². The number of benzene rings is 1. The van der Waals surface area contributed by atoms with Crippen LogP contribution in [0, 0.1) is 0 Å². The molecule has 1 fully saturated rings. The molecular formula is C18H22N2O4. The molecule has 3 N–H and O–H groups in total. The van der Waals surface area contributed by atoms with Crippen molar-refractivity contribution in [1.82, 2.24) is 4.98 Å². The van der Waals surface area contributed by atoms with Crippen molar-refractivity contribution in [3.63, 3.8) is 0 Å². The summed E-state index contributed by atoms with van der Waals surface area (Å²) in [7, 11) is 1.62. The number of carbonyl (C=O) groups excluding carboxylic acids is 1. The standard InChI is InChI=1S/C18H22N2O4/c1-23-12-5-6-14-13(10-12)11(7-8-20-14)9-15(21)16-3-2-4-17(24-16)18(19)22/h5-8,10,15-17,21H,2-4,9H2,1H3,(H2,19,22)/t15-,16?,17?/m0/s1. The molecule has 2 heterocycles. The molecule has 1 amide bonds. The Balaban J connectivity index is 1.80. The third kappa shape index (κ3) is 3.49. The van der Waals surface area contributed by atoms with Crippen LogP contribution in [0.4, 0.5) is 0 Å². The highest BCUT2D eigenvalue weighted by atomic mass is 16.5. The molecule has 0 aliphatic carbocycles. The number of rotatable bonds is 5. The lowest BCUT2D eigenvalue weighted by Crippen LogP contribution is -2.43. The molecule has 1 aromatic carbocycles. The maximum atomic E-state index is 11.3. The van der Waals surface area contributed by atoms with Gasteiger partial charge in [0, 0.05) is 18.0 Å². The number of nitrogens with zero attached hydrogens (tertiary/aromatic N) is 1. The van der Waals surface area contributed by atoms with Gasteiger partial charge in [0.25, 0.3) is 0 Å². The Morgan fingerprint density at radius 2 is 2.29 bits per heavy atom. The molecule has 0 spiro atoms. The van der Waals surface area contributed by atoms with Gasteiger partial charge >= 0.3 is 0 Å². The quantitative estimate of drug-likeness (QED) is 0.868. The molecule has 6 nitrogen and oxygen atoms in total. The maximum Gasteiger partial charge on any atom is 0.246 e. The largest absolute Gasteiger partial charge is 0.497 e. The molecule has 0 bridgehead atoms. The van der Waals surface area contributed by atoms with Crippen LogP contribution in [0.25, 0.3) is 10.9 Å². The van der Waals surface area contributed by atoms with Crippen molar-refractivity contribution in [3.8, 4) is 5.75 Å². The number of carbonyl (C=O) groups is 1. The van der Waals surface area contributed by atoms with Crippen LogP contribution in [0.1, 0.15) is 24.8 Å². The van der Waals surface area contributed by atoms with E-state index in [1.807, 2.05) is 24.3 Å². The zero-order valence-electron chi connectivity index (χ0n) is 13.6. The van der Waals surface area contributed by atoms with Gasteiger partial charge in [-0.25, -0.2) is 0 Å². The van der Waals surface area contributed by atoms with E-state index in [1.165, 1.54) is 0 Å². The van der Waals surface area contributed by atoms with Crippen LogP contribution < -0.4 is 10.5 Å². The summed E-state index contributed by atoms with van der Waals surface area (Å²) in [6.07, 6.45) is 2.61. The molecule has 0 saturated carbocycles. The Bertz CT molecular complexity index is 734. The summed E-state index contributed by atoms with van der Waals surface area (Å²) in [4.78, 5) is 15.7. The van der Waals surface area contributed by atoms with Crippen molar-refractivity contribution in [1.29, 1.82) is 0 Å². The van der Waals surface area contributed by atoms with Crippen molar-refractivity contribution in [2.45, 2.75) is 44.0 Å². The van der Waals surface area contributed by atoms with E-state index in [0.29, 0.717) is 12.8 Å². The highest BCUT2D eigenvalue weighted by Crippen LogP contribution is 2.27. The third-order valence-electron chi connectivity index (χ3n) is 4.51. The minimum atomic E-state index is -0.705. The number of fused-ring (bicyclic) bond motifs is 1. The van der Waals surface area contributed by atoms with Crippen molar-refractivity contribution in [2.75, 3.05) is 7.11 Å². The summed E-state index contributed by atoms with van der Waals surface area (Å²) >= 11 is 0. The van der Waals surface area contributed by atoms with E-state index in [-0.39, 0.29) is 6.10 Å². The maximum absolute atomic E-state index is 11.3. The summed E-state index contributed by atoms with van der Waals surface area (Å²) in [5, 5.41) is 11.5. The fourth-order valence-electron chi connectivity index (χ4n) is 3.19. The lowest BCUT2D eigenvalue weighted by molar-refractivity contribution is -0.146. The summed E-state index contributed by atoms with van der Waals surface area (Å²) in [6.45, 7) is 0. The molecule has 128 valence electrons. The van der Waals surface area contributed by atoms with Crippen LogP contribution in [0.15, 0.2) is 30.5 Å². The van der Waals surface area contributed by atoms with E-state index in [2.05, 4.69) is 4.98 Å². The second-order valence-electron chi connectivity index (χ2n) is 6.12. The normalized spacial score (nSPS) is 22.2. The number of pyridine rings is 1. The van der Waals surface area contributed by atoms with E-state index in [1.54, 1.807) is 13.3 Å².